The number of benzene rings is 1. The molecule has 1 aromatic heterocycles. The number of carbonyl (C=O) groups is 2. The van der Waals surface area contributed by atoms with Crippen LogP contribution in [-0.2, 0) is 4.79 Å². The minimum Gasteiger partial charge on any atom is -0.484 e. The van der Waals surface area contributed by atoms with Crippen LogP contribution in [0.1, 0.15) is 49.0 Å². The molecule has 7 nitrogen and oxygen atoms in total. The number of halogens is 3. The third kappa shape index (κ3) is 7.55. The van der Waals surface area contributed by atoms with Gasteiger partial charge in [0, 0.05) is 24.3 Å². The maximum atomic E-state index is 13.4. The molecule has 1 aromatic carbocycles. The maximum Gasteiger partial charge on any atom is 0.270 e. The summed E-state index contributed by atoms with van der Waals surface area (Å²) in [5, 5.41) is 16.6. The fourth-order valence-electron chi connectivity index (χ4n) is 3.95. The van der Waals surface area contributed by atoms with Gasteiger partial charge in [0.1, 0.15) is 17.3 Å². The van der Waals surface area contributed by atoms with Gasteiger partial charge in [-0.25, -0.2) is 9.37 Å². The summed E-state index contributed by atoms with van der Waals surface area (Å²) in [5.74, 6) is -1.25. The van der Waals surface area contributed by atoms with Crippen molar-refractivity contribution < 1.29 is 23.8 Å². The standard InChI is InChI=1S/C23H26Cl2FN3O4/c24-15-4-7-20(27-12-15)22(32)29-23(8-2-1-3-9-23)11-16(30)13-28-21(31)14-33-17-5-6-18(25)19(26)10-17/h4-7,10,12,16,30H,1-3,8-9,11,13-14H2,(H,28,31)(H,29,32)/t16-/m0/s1. The number of hydrogen-bond acceptors (Lipinski definition) is 5. The average Bonchev–Trinajstić information content (AvgIpc) is 2.79. The molecule has 1 fully saturated rings. The van der Waals surface area contributed by atoms with Gasteiger partial charge < -0.3 is 20.5 Å². The zero-order valence-electron chi connectivity index (χ0n) is 18.0. The smallest absolute Gasteiger partial charge is 0.270 e. The Morgan fingerprint density at radius 2 is 1.94 bits per heavy atom. The maximum absolute atomic E-state index is 13.4. The third-order valence-corrected chi connectivity index (χ3v) is 6.10. The van der Waals surface area contributed by atoms with Crippen LogP contribution in [0.2, 0.25) is 10.0 Å². The predicted octanol–water partition coefficient (Wildman–Crippen LogP) is 3.91. The van der Waals surface area contributed by atoms with Crippen LogP contribution < -0.4 is 15.4 Å². The number of ether oxygens (including phenoxy) is 1. The molecule has 10 heteroatoms. The highest BCUT2D eigenvalue weighted by molar-refractivity contribution is 6.30. The molecule has 1 heterocycles. The molecular formula is C23H26Cl2FN3O4. The van der Waals surface area contributed by atoms with Crippen LogP contribution >= 0.6 is 23.2 Å². The molecule has 0 unspecified atom stereocenters. The van der Waals surface area contributed by atoms with E-state index >= 15 is 0 Å². The van der Waals surface area contributed by atoms with Crippen molar-refractivity contribution in [1.82, 2.24) is 15.6 Å². The summed E-state index contributed by atoms with van der Waals surface area (Å²) in [6.45, 7) is -0.341. The molecule has 0 spiro atoms. The van der Waals surface area contributed by atoms with Crippen LogP contribution in [0.4, 0.5) is 4.39 Å². The van der Waals surface area contributed by atoms with Crippen LogP contribution in [0.15, 0.2) is 36.5 Å². The molecule has 0 bridgehead atoms. The Bertz CT molecular complexity index is 969. The number of nitrogens with one attached hydrogen (secondary N) is 2. The highest BCUT2D eigenvalue weighted by Gasteiger charge is 2.36. The lowest BCUT2D eigenvalue weighted by Crippen LogP contribution is -2.53. The van der Waals surface area contributed by atoms with E-state index in [4.69, 9.17) is 27.9 Å². The van der Waals surface area contributed by atoms with Crippen molar-refractivity contribution in [2.24, 2.45) is 0 Å². The van der Waals surface area contributed by atoms with Crippen molar-refractivity contribution in [2.75, 3.05) is 13.2 Å². The number of nitrogens with zero attached hydrogens (tertiary/aromatic N) is 1. The number of rotatable bonds is 9. The number of carbonyl (C=O) groups excluding carboxylic acids is 2. The molecule has 0 saturated heterocycles. The second-order valence-electron chi connectivity index (χ2n) is 8.18. The van der Waals surface area contributed by atoms with Crippen molar-refractivity contribution in [1.29, 1.82) is 0 Å². The summed E-state index contributed by atoms with van der Waals surface area (Å²) >= 11 is 11.5. The van der Waals surface area contributed by atoms with Gasteiger partial charge in [-0.3, -0.25) is 9.59 Å². The van der Waals surface area contributed by atoms with Crippen molar-refractivity contribution in [2.45, 2.75) is 50.2 Å². The van der Waals surface area contributed by atoms with Gasteiger partial charge in [-0.15, -0.1) is 0 Å². The molecule has 33 heavy (non-hydrogen) atoms. The fraction of sp³-hybridized carbons (Fsp3) is 0.435. The first kappa shape index (κ1) is 25.2. The largest absolute Gasteiger partial charge is 0.484 e. The molecular weight excluding hydrogens is 472 g/mol. The molecule has 1 atom stereocenters. The molecule has 1 saturated carbocycles. The zero-order chi connectivity index (χ0) is 23.8. The molecule has 3 rings (SSSR count). The van der Waals surface area contributed by atoms with Gasteiger partial charge in [-0.2, -0.15) is 0 Å². The van der Waals surface area contributed by atoms with Crippen molar-refractivity contribution in [3.8, 4) is 5.75 Å². The van der Waals surface area contributed by atoms with Crippen LogP contribution in [0.25, 0.3) is 0 Å². The number of aliphatic hydroxyl groups excluding tert-OH is 1. The minimum absolute atomic E-state index is 0.00596. The number of aliphatic hydroxyl groups is 1. The van der Waals surface area contributed by atoms with Crippen LogP contribution in [0.5, 0.6) is 5.75 Å². The van der Waals surface area contributed by atoms with Gasteiger partial charge in [-0.1, -0.05) is 42.5 Å². The van der Waals surface area contributed by atoms with E-state index < -0.39 is 23.4 Å². The van der Waals surface area contributed by atoms with Crippen LogP contribution in [-0.4, -0.2) is 46.7 Å². The van der Waals surface area contributed by atoms with Gasteiger partial charge in [0.25, 0.3) is 11.8 Å². The van der Waals surface area contributed by atoms with Crippen LogP contribution in [0.3, 0.4) is 0 Å². The lowest BCUT2D eigenvalue weighted by atomic mass is 9.77. The first-order chi connectivity index (χ1) is 15.8. The van der Waals surface area contributed by atoms with E-state index in [1.807, 2.05) is 0 Å². The third-order valence-electron chi connectivity index (χ3n) is 5.57. The van der Waals surface area contributed by atoms with E-state index in [0.717, 1.165) is 38.2 Å². The first-order valence-electron chi connectivity index (χ1n) is 10.7. The van der Waals surface area contributed by atoms with Gasteiger partial charge in [-0.05, 0) is 43.5 Å². The van der Waals surface area contributed by atoms with E-state index in [1.165, 1.54) is 18.3 Å². The van der Waals surface area contributed by atoms with E-state index in [2.05, 4.69) is 15.6 Å². The summed E-state index contributed by atoms with van der Waals surface area (Å²) in [4.78, 5) is 28.9. The molecule has 1 aliphatic rings. The Morgan fingerprint density at radius 1 is 1.18 bits per heavy atom. The van der Waals surface area contributed by atoms with E-state index in [9.17, 15) is 19.1 Å². The minimum atomic E-state index is -0.876. The van der Waals surface area contributed by atoms with E-state index in [0.29, 0.717) is 5.02 Å². The lowest BCUT2D eigenvalue weighted by Gasteiger charge is -2.39. The van der Waals surface area contributed by atoms with Crippen molar-refractivity contribution in [3.05, 3.63) is 58.1 Å². The molecule has 2 amide bonds. The zero-order valence-corrected chi connectivity index (χ0v) is 19.5. The normalized spacial score (nSPS) is 16.0. The second kappa shape index (κ2) is 11.6. The summed E-state index contributed by atoms with van der Waals surface area (Å²) < 4.78 is 18.7. The van der Waals surface area contributed by atoms with E-state index in [-0.39, 0.29) is 41.9 Å². The second-order valence-corrected chi connectivity index (χ2v) is 9.03. The molecule has 1 aliphatic carbocycles. The number of hydrogen-bond donors (Lipinski definition) is 3. The average molecular weight is 498 g/mol. The topological polar surface area (TPSA) is 101 Å². The molecule has 3 N–H and O–H groups in total. The quantitative estimate of drug-likeness (QED) is 0.487. The number of aromatic nitrogens is 1. The summed E-state index contributed by atoms with van der Waals surface area (Å²) in [7, 11) is 0. The number of amides is 2. The molecule has 0 aliphatic heterocycles. The summed E-state index contributed by atoms with van der Waals surface area (Å²) in [6.07, 6.45) is 5.19. The summed E-state index contributed by atoms with van der Waals surface area (Å²) in [5.41, 5.74) is -0.332. The van der Waals surface area contributed by atoms with Gasteiger partial charge >= 0.3 is 0 Å². The Morgan fingerprint density at radius 3 is 2.61 bits per heavy atom. The van der Waals surface area contributed by atoms with E-state index in [1.54, 1.807) is 12.1 Å². The fourth-order valence-corrected chi connectivity index (χ4v) is 4.17. The van der Waals surface area contributed by atoms with Gasteiger partial charge in [0.2, 0.25) is 0 Å². The molecule has 0 radical (unpaired) electrons. The highest BCUT2D eigenvalue weighted by atomic mass is 35.5. The SMILES string of the molecule is O=C(COc1ccc(Cl)c(F)c1)NC[C@@H](O)CC1(NC(=O)c2ccc(Cl)cn2)CCCCC1. The Labute approximate surface area is 201 Å². The Balaban J connectivity index is 1.51. The van der Waals surface area contributed by atoms with Crippen molar-refractivity contribution >= 4 is 35.0 Å². The Hall–Kier alpha value is -2.42. The Kier molecular flexibility index (Phi) is 8.88. The molecule has 178 valence electrons. The number of pyridine rings is 1. The van der Waals surface area contributed by atoms with Gasteiger partial charge in [0.05, 0.1) is 16.1 Å². The predicted molar refractivity (Wildman–Crippen MR) is 123 cm³/mol. The van der Waals surface area contributed by atoms with Crippen molar-refractivity contribution in [3.63, 3.8) is 0 Å². The highest BCUT2D eigenvalue weighted by Crippen LogP contribution is 2.32. The first-order valence-corrected chi connectivity index (χ1v) is 11.5. The summed E-state index contributed by atoms with van der Waals surface area (Å²) in [6, 6.07) is 7.04. The lowest BCUT2D eigenvalue weighted by molar-refractivity contribution is -0.123. The van der Waals surface area contributed by atoms with Gasteiger partial charge in [0.15, 0.2) is 6.61 Å². The monoisotopic (exact) mass is 497 g/mol. The molecule has 2 aromatic rings. The van der Waals surface area contributed by atoms with Crippen LogP contribution in [0, 0.1) is 5.82 Å².